The van der Waals surface area contributed by atoms with Crippen LogP contribution in [-0.4, -0.2) is 44.1 Å². The van der Waals surface area contributed by atoms with Crippen molar-refractivity contribution in [3.63, 3.8) is 0 Å². The van der Waals surface area contributed by atoms with Crippen LogP contribution >= 0.6 is 0 Å². The van der Waals surface area contributed by atoms with E-state index >= 15 is 0 Å². The zero-order valence-corrected chi connectivity index (χ0v) is 10.7. The van der Waals surface area contributed by atoms with Crippen molar-refractivity contribution in [2.24, 2.45) is 0 Å². The molecule has 2 aromatic heterocycles. The molecule has 20 heavy (non-hydrogen) atoms. The van der Waals surface area contributed by atoms with E-state index in [-0.39, 0.29) is 19.4 Å². The van der Waals surface area contributed by atoms with Gasteiger partial charge in [-0.15, -0.1) is 0 Å². The van der Waals surface area contributed by atoms with Crippen molar-refractivity contribution in [3.05, 3.63) is 36.3 Å². The number of pyridine rings is 1. The molecular weight excluding hydrogens is 262 g/mol. The van der Waals surface area contributed by atoms with E-state index in [1.54, 1.807) is 10.6 Å². The molecule has 0 fully saturated rings. The molecule has 1 amide bonds. The largest absolute Gasteiger partial charge is 0.480 e. The molecule has 0 saturated carbocycles. The topological polar surface area (TPSA) is 104 Å². The van der Waals surface area contributed by atoms with E-state index in [1.165, 1.54) is 0 Å². The summed E-state index contributed by atoms with van der Waals surface area (Å²) in [6.45, 7) is -0.300. The van der Waals surface area contributed by atoms with E-state index in [0.29, 0.717) is 5.69 Å². The number of hydrogen-bond donors (Lipinski definition) is 3. The average Bonchev–Trinajstić information content (AvgIpc) is 2.79. The van der Waals surface area contributed by atoms with Gasteiger partial charge in [0.25, 0.3) is 0 Å². The van der Waals surface area contributed by atoms with Crippen LogP contribution in [0.25, 0.3) is 5.65 Å². The van der Waals surface area contributed by atoms with E-state index in [0.717, 1.165) is 5.65 Å². The molecule has 0 unspecified atom stereocenters. The molecule has 2 aromatic rings. The smallest absolute Gasteiger partial charge is 0.326 e. The van der Waals surface area contributed by atoms with Gasteiger partial charge in [0.15, 0.2) is 0 Å². The Bertz CT molecular complexity index is 590. The van der Waals surface area contributed by atoms with Crippen LogP contribution < -0.4 is 5.32 Å². The van der Waals surface area contributed by atoms with E-state index in [2.05, 4.69) is 10.3 Å². The lowest BCUT2D eigenvalue weighted by Gasteiger charge is -2.12. The average molecular weight is 277 g/mol. The Kier molecular flexibility index (Phi) is 4.31. The highest BCUT2D eigenvalue weighted by atomic mass is 16.4. The first kappa shape index (κ1) is 14.0. The van der Waals surface area contributed by atoms with Gasteiger partial charge in [0.1, 0.15) is 11.7 Å². The number of carbonyl (C=O) groups excluding carboxylic acids is 1. The van der Waals surface area contributed by atoms with Gasteiger partial charge in [-0.2, -0.15) is 0 Å². The molecule has 106 valence electrons. The first-order valence-corrected chi connectivity index (χ1v) is 6.16. The first-order chi connectivity index (χ1) is 9.60. The molecule has 0 aromatic carbocycles. The second-order valence-corrected chi connectivity index (χ2v) is 4.35. The van der Waals surface area contributed by atoms with Crippen molar-refractivity contribution in [3.8, 4) is 0 Å². The number of aliphatic carboxylic acids is 1. The summed E-state index contributed by atoms with van der Waals surface area (Å²) in [7, 11) is 0. The number of hydrogen-bond acceptors (Lipinski definition) is 4. The Balaban J connectivity index is 2.01. The quantitative estimate of drug-likeness (QED) is 0.680. The molecule has 2 heterocycles. The standard InChI is InChI=1S/C13H15N3O4/c17-6-4-10(13(19)20)15-12(18)7-9-8-16-5-2-1-3-11(16)14-9/h1-3,5,8,10,17H,4,6-7H2,(H,15,18)(H,19,20)/t10-/m1/s1. The second-order valence-electron chi connectivity index (χ2n) is 4.35. The lowest BCUT2D eigenvalue weighted by molar-refractivity contribution is -0.142. The number of aliphatic hydroxyl groups excluding tert-OH is 1. The number of fused-ring (bicyclic) bond motifs is 1. The molecule has 0 radical (unpaired) electrons. The Labute approximate surface area is 114 Å². The third-order valence-corrected chi connectivity index (χ3v) is 2.81. The molecule has 0 aliphatic heterocycles. The van der Waals surface area contributed by atoms with Crippen LogP contribution in [0.15, 0.2) is 30.6 Å². The molecule has 1 atom stereocenters. The minimum Gasteiger partial charge on any atom is -0.480 e. The Morgan fingerprint density at radius 1 is 1.40 bits per heavy atom. The predicted molar refractivity (Wildman–Crippen MR) is 70.2 cm³/mol. The van der Waals surface area contributed by atoms with Crippen molar-refractivity contribution in [1.29, 1.82) is 0 Å². The highest BCUT2D eigenvalue weighted by molar-refractivity contribution is 5.84. The van der Waals surface area contributed by atoms with Crippen molar-refractivity contribution >= 4 is 17.5 Å². The number of aliphatic hydroxyl groups is 1. The van der Waals surface area contributed by atoms with Crippen LogP contribution in [0.4, 0.5) is 0 Å². The predicted octanol–water partition coefficient (Wildman–Crippen LogP) is -0.171. The van der Waals surface area contributed by atoms with Gasteiger partial charge < -0.3 is 19.9 Å². The molecule has 0 saturated heterocycles. The van der Waals surface area contributed by atoms with E-state index in [4.69, 9.17) is 10.2 Å². The fraction of sp³-hybridized carbons (Fsp3) is 0.308. The molecule has 2 rings (SSSR count). The van der Waals surface area contributed by atoms with Crippen LogP contribution in [0.1, 0.15) is 12.1 Å². The fourth-order valence-corrected chi connectivity index (χ4v) is 1.87. The van der Waals surface area contributed by atoms with Gasteiger partial charge in [0.05, 0.1) is 12.1 Å². The highest BCUT2D eigenvalue weighted by Gasteiger charge is 2.19. The normalized spacial score (nSPS) is 12.2. The summed E-state index contributed by atoms with van der Waals surface area (Å²) in [4.78, 5) is 26.9. The summed E-state index contributed by atoms with van der Waals surface area (Å²) in [5.41, 5.74) is 1.28. The maximum Gasteiger partial charge on any atom is 0.326 e. The Morgan fingerprint density at radius 3 is 2.85 bits per heavy atom. The van der Waals surface area contributed by atoms with Crippen LogP contribution in [0, 0.1) is 0 Å². The van der Waals surface area contributed by atoms with Gasteiger partial charge >= 0.3 is 5.97 Å². The van der Waals surface area contributed by atoms with E-state index in [9.17, 15) is 9.59 Å². The summed E-state index contributed by atoms with van der Waals surface area (Å²) in [6.07, 6.45) is 3.51. The van der Waals surface area contributed by atoms with Crippen molar-refractivity contribution in [2.75, 3.05) is 6.61 Å². The van der Waals surface area contributed by atoms with E-state index < -0.39 is 17.9 Å². The summed E-state index contributed by atoms with van der Waals surface area (Å²) >= 11 is 0. The first-order valence-electron chi connectivity index (χ1n) is 6.16. The zero-order chi connectivity index (χ0) is 14.5. The number of nitrogens with zero attached hydrogens (tertiary/aromatic N) is 2. The number of carboxylic acids is 1. The van der Waals surface area contributed by atoms with Gasteiger partial charge in [-0.1, -0.05) is 6.07 Å². The van der Waals surface area contributed by atoms with Gasteiger partial charge in [0, 0.05) is 25.4 Å². The van der Waals surface area contributed by atoms with Gasteiger partial charge in [-0.05, 0) is 12.1 Å². The molecule has 0 bridgehead atoms. The number of rotatable bonds is 6. The van der Waals surface area contributed by atoms with Crippen molar-refractivity contribution in [2.45, 2.75) is 18.9 Å². The van der Waals surface area contributed by atoms with Crippen molar-refractivity contribution in [1.82, 2.24) is 14.7 Å². The van der Waals surface area contributed by atoms with Gasteiger partial charge in [0.2, 0.25) is 5.91 Å². The highest BCUT2D eigenvalue weighted by Crippen LogP contribution is 2.05. The number of nitrogens with one attached hydrogen (secondary N) is 1. The molecule has 3 N–H and O–H groups in total. The molecule has 0 aliphatic rings. The third-order valence-electron chi connectivity index (χ3n) is 2.81. The Hall–Kier alpha value is -2.41. The molecular formula is C13H15N3O4. The number of imidazole rings is 1. The molecule has 7 nitrogen and oxygen atoms in total. The van der Waals surface area contributed by atoms with Crippen LogP contribution in [0.3, 0.4) is 0 Å². The minimum atomic E-state index is -1.16. The number of aromatic nitrogens is 2. The summed E-state index contributed by atoms with van der Waals surface area (Å²) < 4.78 is 1.78. The zero-order valence-electron chi connectivity index (χ0n) is 10.7. The lowest BCUT2D eigenvalue weighted by atomic mass is 10.2. The summed E-state index contributed by atoms with van der Waals surface area (Å²) in [5.74, 6) is -1.60. The number of carbonyl (C=O) groups is 2. The molecule has 0 spiro atoms. The minimum absolute atomic E-state index is 0.00309. The van der Waals surface area contributed by atoms with Crippen molar-refractivity contribution < 1.29 is 19.8 Å². The number of carboxylic acid groups (broad SMARTS) is 1. The van der Waals surface area contributed by atoms with Gasteiger partial charge in [-0.3, -0.25) is 4.79 Å². The van der Waals surface area contributed by atoms with E-state index in [1.807, 2.05) is 24.4 Å². The summed E-state index contributed by atoms with van der Waals surface area (Å²) in [5, 5.41) is 20.0. The summed E-state index contributed by atoms with van der Waals surface area (Å²) in [6, 6.07) is 4.42. The molecule has 7 heteroatoms. The molecule has 0 aliphatic carbocycles. The maximum absolute atomic E-state index is 11.8. The monoisotopic (exact) mass is 277 g/mol. The Morgan fingerprint density at radius 2 is 2.20 bits per heavy atom. The SMILES string of the molecule is O=C(Cc1cn2ccccc2n1)N[C@H](CCO)C(=O)O. The fourth-order valence-electron chi connectivity index (χ4n) is 1.87. The number of amides is 1. The van der Waals surface area contributed by atoms with Crippen LogP contribution in [0.2, 0.25) is 0 Å². The lowest BCUT2D eigenvalue weighted by Crippen LogP contribution is -2.42. The maximum atomic E-state index is 11.8. The van der Waals surface area contributed by atoms with Gasteiger partial charge in [-0.25, -0.2) is 9.78 Å². The van der Waals surface area contributed by atoms with Crippen LogP contribution in [0.5, 0.6) is 0 Å². The third kappa shape index (κ3) is 3.33. The van der Waals surface area contributed by atoms with Crippen LogP contribution in [-0.2, 0) is 16.0 Å². The second kappa shape index (κ2) is 6.16.